The minimum absolute atomic E-state index is 0. The number of rotatable bonds is 3. The van der Waals surface area contributed by atoms with Crippen LogP contribution in [0.1, 0.15) is 58.9 Å². The monoisotopic (exact) mass is 551 g/mol. The molecule has 3 fully saturated rings. The van der Waals surface area contributed by atoms with E-state index in [2.05, 4.69) is 13.8 Å². The fourth-order valence-electron chi connectivity index (χ4n) is 8.13. The van der Waals surface area contributed by atoms with Crippen LogP contribution in [0.25, 0.3) is 0 Å². The van der Waals surface area contributed by atoms with Gasteiger partial charge < -0.3 is 20.1 Å². The van der Waals surface area contributed by atoms with Crippen molar-refractivity contribution < 1.29 is 34.4 Å². The van der Waals surface area contributed by atoms with Gasteiger partial charge in [0.15, 0.2) is 12.4 Å². The summed E-state index contributed by atoms with van der Waals surface area (Å²) in [6.45, 7) is 8.88. The van der Waals surface area contributed by atoms with E-state index in [0.29, 0.717) is 25.0 Å². The Hall–Kier alpha value is -2.24. The number of allylic oxidation sites excluding steroid dienone is 4. The molecule has 0 spiro atoms. The number of esters is 1. The van der Waals surface area contributed by atoms with E-state index in [9.17, 15) is 24.6 Å². The van der Waals surface area contributed by atoms with E-state index in [4.69, 9.17) is 9.84 Å². The van der Waals surface area contributed by atoms with E-state index in [-0.39, 0.29) is 46.8 Å². The van der Waals surface area contributed by atoms with Crippen molar-refractivity contribution in [2.24, 2.45) is 34.5 Å². The number of aliphatic hydroxyl groups is 2. The summed E-state index contributed by atoms with van der Waals surface area (Å²) in [7, 11) is 0. The molecule has 8 atom stereocenters. The van der Waals surface area contributed by atoms with Crippen LogP contribution < -0.4 is 0 Å². The van der Waals surface area contributed by atoms with Crippen molar-refractivity contribution in [3.8, 4) is 5.75 Å². The number of ether oxygens (including phenoxy) is 1. The van der Waals surface area contributed by atoms with Crippen LogP contribution in [-0.4, -0.2) is 68.5 Å². The molecule has 0 aliphatic heterocycles. The number of phenols is 1. The summed E-state index contributed by atoms with van der Waals surface area (Å²) in [5.41, 5.74) is -0.629. The van der Waals surface area contributed by atoms with Gasteiger partial charge in [0.05, 0.1) is 6.10 Å². The van der Waals surface area contributed by atoms with Crippen molar-refractivity contribution >= 4 is 34.9 Å². The van der Waals surface area contributed by atoms with Gasteiger partial charge in [-0.3, -0.25) is 14.4 Å². The molecule has 0 saturated heterocycles. The highest BCUT2D eigenvalue weighted by Gasteiger charge is 2.68. The summed E-state index contributed by atoms with van der Waals surface area (Å²) in [5, 5.41) is 31.7. The third kappa shape index (κ3) is 5.42. The maximum Gasteiger partial charge on any atom is 0.303 e. The maximum atomic E-state index is 12.9. The molecule has 4 aliphatic carbocycles. The first kappa shape index (κ1) is 31.3. The number of Topliss-reactive ketones (excluding diaryl/α,β-unsaturated/α-hetero) is 1. The Balaban J connectivity index is 0.000000402. The summed E-state index contributed by atoms with van der Waals surface area (Å²) < 4.78 is 4.89. The number of fused-ring (bicyclic) bond motifs is 5. The van der Waals surface area contributed by atoms with Crippen LogP contribution in [0.4, 0.5) is 0 Å². The summed E-state index contributed by atoms with van der Waals surface area (Å²) in [6.07, 6.45) is 6.71. The first-order chi connectivity index (χ1) is 17.7. The largest absolute Gasteiger partial charge is 0.508 e. The Morgan fingerprint density at radius 1 is 1.21 bits per heavy atom. The SMILES string of the molecule is CC(=O)OCC(=O)[C@@]1(O)CC[C@H]2[C@@H]3C[C@H](C)C4=CC(=O)C=C[C@]4(C)[C@H]3[C@@H](O)C[C@@]21C.Cc1cccc(O)c1.[Al]. The van der Waals surface area contributed by atoms with Crippen molar-refractivity contribution in [1.29, 1.82) is 0 Å². The number of aliphatic hydroxyl groups excluding tert-OH is 1. The van der Waals surface area contributed by atoms with Crippen LogP contribution in [0.2, 0.25) is 0 Å². The van der Waals surface area contributed by atoms with Gasteiger partial charge in [-0.1, -0.05) is 44.6 Å². The highest BCUT2D eigenvalue weighted by molar-refractivity contribution is 6.01. The predicted molar refractivity (Wildman–Crippen MR) is 148 cm³/mol. The molecule has 5 rings (SSSR count). The number of carbonyl (C=O) groups is 3. The van der Waals surface area contributed by atoms with Crippen molar-refractivity contribution in [2.75, 3.05) is 6.61 Å². The molecule has 39 heavy (non-hydrogen) atoms. The maximum absolute atomic E-state index is 12.9. The molecule has 7 nitrogen and oxygen atoms in total. The highest BCUT2D eigenvalue weighted by atomic mass is 27.0. The summed E-state index contributed by atoms with van der Waals surface area (Å²) in [4.78, 5) is 36.1. The van der Waals surface area contributed by atoms with Crippen LogP contribution in [0, 0.1) is 41.4 Å². The van der Waals surface area contributed by atoms with E-state index in [0.717, 1.165) is 17.6 Å². The molecule has 0 unspecified atom stereocenters. The molecular formula is C31H40AlO7. The van der Waals surface area contributed by atoms with Gasteiger partial charge >= 0.3 is 5.97 Å². The number of hydrogen-bond donors (Lipinski definition) is 3. The van der Waals surface area contributed by atoms with Crippen molar-refractivity contribution in [3.63, 3.8) is 0 Å². The second-order valence-electron chi connectivity index (χ2n) is 12.2. The third-order valence-electron chi connectivity index (χ3n) is 9.84. The van der Waals surface area contributed by atoms with Gasteiger partial charge in [0, 0.05) is 41.0 Å². The van der Waals surface area contributed by atoms with Gasteiger partial charge in [-0.15, -0.1) is 0 Å². The third-order valence-corrected chi connectivity index (χ3v) is 9.84. The smallest absolute Gasteiger partial charge is 0.303 e. The van der Waals surface area contributed by atoms with Gasteiger partial charge in [0.2, 0.25) is 5.78 Å². The average Bonchev–Trinajstić information content (AvgIpc) is 3.10. The highest BCUT2D eigenvalue weighted by Crippen LogP contribution is 2.67. The molecule has 1 aromatic carbocycles. The molecular weight excluding hydrogens is 511 g/mol. The van der Waals surface area contributed by atoms with Gasteiger partial charge in [-0.2, -0.15) is 0 Å². The number of ketones is 2. The quantitative estimate of drug-likeness (QED) is 0.387. The summed E-state index contributed by atoms with van der Waals surface area (Å²) in [6, 6.07) is 7.15. The zero-order valence-corrected chi connectivity index (χ0v) is 24.7. The molecule has 1 aromatic rings. The fraction of sp³-hybridized carbons (Fsp3) is 0.581. The minimum atomic E-state index is -1.61. The second kappa shape index (κ2) is 11.3. The molecule has 0 aromatic heterocycles. The van der Waals surface area contributed by atoms with Crippen molar-refractivity contribution in [3.05, 3.63) is 53.6 Å². The molecule has 209 valence electrons. The molecule has 3 radical (unpaired) electrons. The molecule has 3 saturated carbocycles. The Morgan fingerprint density at radius 2 is 1.90 bits per heavy atom. The Kier molecular flexibility index (Phi) is 9.09. The molecule has 0 amide bonds. The number of benzene rings is 1. The van der Waals surface area contributed by atoms with Gasteiger partial charge in [0.25, 0.3) is 0 Å². The lowest BCUT2D eigenvalue weighted by Crippen LogP contribution is -2.62. The lowest BCUT2D eigenvalue weighted by atomic mass is 9.45. The van der Waals surface area contributed by atoms with Crippen LogP contribution >= 0.6 is 0 Å². The molecule has 0 heterocycles. The number of aryl methyl sites for hydroxylation is 1. The fourth-order valence-corrected chi connectivity index (χ4v) is 8.13. The van der Waals surface area contributed by atoms with E-state index in [1.165, 1.54) is 6.92 Å². The normalized spacial score (nSPS) is 38.1. The summed E-state index contributed by atoms with van der Waals surface area (Å²) >= 11 is 0. The standard InChI is InChI=1S/C24H32O6.C7H8O.Al/c1-13-9-16-17-6-8-24(29,20(28)12-30-14(2)25)23(17,4)11-19(27)21(16)22(3)7-5-15(26)10-18(13)22;1-6-3-2-4-7(8)5-6;/h5,7,10,13,16-17,19,21,27,29H,6,8-9,11-12H2,1-4H3;2-5,8H,1H3;/t13-,16-,17-,19-,21+,22-,23-,24-;;/m0../s1. The Bertz CT molecular complexity index is 1170. The zero-order valence-electron chi connectivity index (χ0n) is 23.5. The molecule has 4 aliphatic rings. The van der Waals surface area contributed by atoms with E-state index in [1.54, 1.807) is 24.3 Å². The van der Waals surface area contributed by atoms with Gasteiger partial charge in [-0.05, 0) is 80.2 Å². The lowest BCUT2D eigenvalue weighted by Gasteiger charge is -2.60. The first-order valence-corrected chi connectivity index (χ1v) is 13.5. The molecule has 8 heteroatoms. The lowest BCUT2D eigenvalue weighted by molar-refractivity contribution is -0.182. The second-order valence-corrected chi connectivity index (χ2v) is 12.2. The predicted octanol–water partition coefficient (Wildman–Crippen LogP) is 3.69. The Morgan fingerprint density at radius 3 is 2.49 bits per heavy atom. The average molecular weight is 552 g/mol. The van der Waals surface area contributed by atoms with Crippen molar-refractivity contribution in [2.45, 2.75) is 72.0 Å². The van der Waals surface area contributed by atoms with E-state index < -0.39 is 40.9 Å². The van der Waals surface area contributed by atoms with Gasteiger partial charge in [0.1, 0.15) is 11.4 Å². The number of aromatic hydroxyl groups is 1. The minimum Gasteiger partial charge on any atom is -0.508 e. The number of carbonyl (C=O) groups excluding carboxylic acids is 3. The zero-order chi connectivity index (χ0) is 28.0. The van der Waals surface area contributed by atoms with Crippen LogP contribution in [0.3, 0.4) is 0 Å². The van der Waals surface area contributed by atoms with Crippen LogP contribution in [0.5, 0.6) is 5.75 Å². The Labute approximate surface area is 241 Å². The van der Waals surface area contributed by atoms with Crippen LogP contribution in [-0.2, 0) is 19.1 Å². The topological polar surface area (TPSA) is 121 Å². The van der Waals surface area contributed by atoms with Crippen LogP contribution in [0.15, 0.2) is 48.1 Å². The summed E-state index contributed by atoms with van der Waals surface area (Å²) in [5.74, 6) is -0.375. The number of hydrogen-bond acceptors (Lipinski definition) is 7. The van der Waals surface area contributed by atoms with Crippen molar-refractivity contribution in [1.82, 2.24) is 0 Å². The van der Waals surface area contributed by atoms with Gasteiger partial charge in [-0.25, -0.2) is 0 Å². The first-order valence-electron chi connectivity index (χ1n) is 13.5. The van der Waals surface area contributed by atoms with E-state index >= 15 is 0 Å². The molecule has 0 bridgehead atoms. The van der Waals surface area contributed by atoms with E-state index in [1.807, 2.05) is 32.1 Å². The number of phenolic OH excluding ortho intramolecular Hbond substituents is 1. The molecule has 3 N–H and O–H groups in total.